The van der Waals surface area contributed by atoms with Crippen molar-refractivity contribution in [2.24, 2.45) is 0 Å². The first-order chi connectivity index (χ1) is 12.1. The minimum atomic E-state index is -0.304. The number of halogens is 1. The molecule has 0 saturated carbocycles. The van der Waals surface area contributed by atoms with Gasteiger partial charge in [-0.15, -0.1) is 0 Å². The molecule has 132 valence electrons. The van der Waals surface area contributed by atoms with E-state index < -0.39 is 0 Å². The first-order valence-electron chi connectivity index (χ1n) is 8.49. The highest BCUT2D eigenvalue weighted by molar-refractivity contribution is 5.91. The lowest BCUT2D eigenvalue weighted by molar-refractivity contribution is 0.116. The van der Waals surface area contributed by atoms with Crippen LogP contribution in [-0.2, 0) is 0 Å². The molecule has 1 atom stereocenters. The summed E-state index contributed by atoms with van der Waals surface area (Å²) in [6.45, 7) is 5.09. The van der Waals surface area contributed by atoms with Crippen LogP contribution in [0.25, 0.3) is 0 Å². The molecular formula is C19H23FN4O. The van der Waals surface area contributed by atoms with Gasteiger partial charge in [0.05, 0.1) is 5.69 Å². The molecule has 25 heavy (non-hydrogen) atoms. The zero-order chi connectivity index (χ0) is 17.8. The van der Waals surface area contributed by atoms with Crippen LogP contribution in [0.3, 0.4) is 0 Å². The van der Waals surface area contributed by atoms with Crippen molar-refractivity contribution in [2.45, 2.75) is 13.0 Å². The Hall–Kier alpha value is -2.47. The van der Waals surface area contributed by atoms with Crippen LogP contribution in [0, 0.1) is 5.82 Å². The van der Waals surface area contributed by atoms with Crippen LogP contribution in [-0.4, -0.2) is 54.0 Å². The predicted molar refractivity (Wildman–Crippen MR) is 96.0 cm³/mol. The van der Waals surface area contributed by atoms with Gasteiger partial charge in [0.15, 0.2) is 0 Å². The highest BCUT2D eigenvalue weighted by Gasteiger charge is 2.27. The van der Waals surface area contributed by atoms with Gasteiger partial charge in [0, 0.05) is 51.2 Å². The second-order valence-corrected chi connectivity index (χ2v) is 6.27. The van der Waals surface area contributed by atoms with Crippen molar-refractivity contribution < 1.29 is 9.18 Å². The third kappa shape index (κ3) is 3.96. The fourth-order valence-electron chi connectivity index (χ4n) is 3.10. The molecule has 0 radical (unpaired) electrons. The molecule has 5 nitrogen and oxygen atoms in total. The van der Waals surface area contributed by atoms with Gasteiger partial charge in [-0.25, -0.2) is 9.18 Å². The molecule has 1 unspecified atom stereocenters. The zero-order valence-electron chi connectivity index (χ0n) is 14.6. The Morgan fingerprint density at radius 1 is 1.12 bits per heavy atom. The van der Waals surface area contributed by atoms with Gasteiger partial charge in [0.2, 0.25) is 0 Å². The van der Waals surface area contributed by atoms with Crippen LogP contribution in [0.1, 0.15) is 18.7 Å². The highest BCUT2D eigenvalue weighted by atomic mass is 19.1. The van der Waals surface area contributed by atoms with Gasteiger partial charge in [-0.3, -0.25) is 14.8 Å². The standard InChI is InChI=1S/C19H23FN4O/c1-15(18-5-3-4-10-21-18)23-11-13-24(14-12-23)19(25)22(2)17-8-6-16(20)7-9-17/h3-10,15H,11-14H2,1-2H3. The summed E-state index contributed by atoms with van der Waals surface area (Å²) in [5, 5.41) is 0. The number of carbonyl (C=O) groups is 1. The molecule has 0 spiro atoms. The van der Waals surface area contributed by atoms with Crippen LogP contribution >= 0.6 is 0 Å². The minimum Gasteiger partial charge on any atom is -0.322 e. The molecule has 2 heterocycles. The summed E-state index contributed by atoms with van der Waals surface area (Å²) in [7, 11) is 1.72. The van der Waals surface area contributed by atoms with Crippen LogP contribution in [0.4, 0.5) is 14.9 Å². The molecule has 1 fully saturated rings. The molecule has 1 aromatic carbocycles. The molecule has 6 heteroatoms. The summed E-state index contributed by atoms with van der Waals surface area (Å²) < 4.78 is 13.0. The fourth-order valence-corrected chi connectivity index (χ4v) is 3.10. The Labute approximate surface area is 147 Å². The van der Waals surface area contributed by atoms with Crippen molar-refractivity contribution in [2.75, 3.05) is 38.1 Å². The highest BCUT2D eigenvalue weighted by Crippen LogP contribution is 2.21. The minimum absolute atomic E-state index is 0.0586. The smallest absolute Gasteiger partial charge is 0.322 e. The molecule has 3 rings (SSSR count). The monoisotopic (exact) mass is 342 g/mol. The number of aromatic nitrogens is 1. The lowest BCUT2D eigenvalue weighted by Gasteiger charge is -2.39. The maximum atomic E-state index is 13.0. The van der Waals surface area contributed by atoms with Gasteiger partial charge < -0.3 is 4.90 Å². The summed E-state index contributed by atoms with van der Waals surface area (Å²) in [5.74, 6) is -0.304. The number of pyridine rings is 1. The van der Waals surface area contributed by atoms with Crippen molar-refractivity contribution in [3.63, 3.8) is 0 Å². The Kier molecular flexibility index (Phi) is 5.28. The van der Waals surface area contributed by atoms with E-state index in [0.717, 1.165) is 18.8 Å². The van der Waals surface area contributed by atoms with E-state index in [1.165, 1.54) is 12.1 Å². The molecule has 1 aromatic heterocycles. The third-order valence-electron chi connectivity index (χ3n) is 4.75. The number of amides is 2. The number of carbonyl (C=O) groups excluding carboxylic acids is 1. The number of anilines is 1. The van der Waals surface area contributed by atoms with Gasteiger partial charge in [0.25, 0.3) is 0 Å². The van der Waals surface area contributed by atoms with Gasteiger partial charge in [-0.2, -0.15) is 0 Å². The fraction of sp³-hybridized carbons (Fsp3) is 0.368. The Morgan fingerprint density at radius 2 is 1.80 bits per heavy atom. The van der Waals surface area contributed by atoms with E-state index in [4.69, 9.17) is 0 Å². The van der Waals surface area contributed by atoms with Gasteiger partial charge in [-0.1, -0.05) is 6.07 Å². The van der Waals surface area contributed by atoms with E-state index in [-0.39, 0.29) is 17.9 Å². The van der Waals surface area contributed by atoms with E-state index in [1.807, 2.05) is 29.3 Å². The van der Waals surface area contributed by atoms with Crippen molar-refractivity contribution in [3.8, 4) is 0 Å². The van der Waals surface area contributed by atoms with Crippen molar-refractivity contribution in [3.05, 3.63) is 60.2 Å². The Bertz CT molecular complexity index is 699. The average Bonchev–Trinajstić information content (AvgIpc) is 2.67. The van der Waals surface area contributed by atoms with E-state index >= 15 is 0 Å². The van der Waals surface area contributed by atoms with Crippen LogP contribution < -0.4 is 4.90 Å². The van der Waals surface area contributed by atoms with E-state index in [2.05, 4.69) is 16.8 Å². The van der Waals surface area contributed by atoms with Gasteiger partial charge >= 0.3 is 6.03 Å². The number of hydrogen-bond donors (Lipinski definition) is 0. The number of nitrogens with zero attached hydrogens (tertiary/aromatic N) is 4. The van der Waals surface area contributed by atoms with Crippen molar-refractivity contribution >= 4 is 11.7 Å². The SMILES string of the molecule is CC(c1ccccn1)N1CCN(C(=O)N(C)c2ccc(F)cc2)CC1. The number of hydrogen-bond acceptors (Lipinski definition) is 3. The molecule has 1 aliphatic rings. The summed E-state index contributed by atoms with van der Waals surface area (Å²) in [5.41, 5.74) is 1.74. The second kappa shape index (κ2) is 7.61. The largest absolute Gasteiger partial charge is 0.324 e. The van der Waals surface area contributed by atoms with E-state index in [1.54, 1.807) is 24.1 Å². The summed E-state index contributed by atoms with van der Waals surface area (Å²) in [6, 6.07) is 12.1. The number of rotatable bonds is 3. The topological polar surface area (TPSA) is 39.7 Å². The van der Waals surface area contributed by atoms with E-state index in [9.17, 15) is 9.18 Å². The van der Waals surface area contributed by atoms with E-state index in [0.29, 0.717) is 18.8 Å². The van der Waals surface area contributed by atoms with Crippen LogP contribution in [0.5, 0.6) is 0 Å². The molecule has 1 aliphatic heterocycles. The third-order valence-corrected chi connectivity index (χ3v) is 4.75. The molecular weight excluding hydrogens is 319 g/mol. The van der Waals surface area contributed by atoms with Crippen molar-refractivity contribution in [1.82, 2.24) is 14.8 Å². The molecule has 1 saturated heterocycles. The summed E-state index contributed by atoms with van der Waals surface area (Å²) >= 11 is 0. The normalized spacial score (nSPS) is 16.5. The lowest BCUT2D eigenvalue weighted by Crippen LogP contribution is -2.52. The van der Waals surface area contributed by atoms with Crippen molar-refractivity contribution in [1.29, 1.82) is 0 Å². The van der Waals surface area contributed by atoms with Gasteiger partial charge in [0.1, 0.15) is 5.82 Å². The Morgan fingerprint density at radius 3 is 2.40 bits per heavy atom. The molecule has 2 aromatic rings. The second-order valence-electron chi connectivity index (χ2n) is 6.27. The molecule has 0 N–H and O–H groups in total. The maximum absolute atomic E-state index is 13.0. The first kappa shape index (κ1) is 17.4. The zero-order valence-corrected chi connectivity index (χ0v) is 14.6. The Balaban J connectivity index is 1.58. The average molecular weight is 342 g/mol. The maximum Gasteiger partial charge on any atom is 0.324 e. The first-order valence-corrected chi connectivity index (χ1v) is 8.49. The number of piperazine rings is 1. The quantitative estimate of drug-likeness (QED) is 0.860. The predicted octanol–water partition coefficient (Wildman–Crippen LogP) is 3.16. The van der Waals surface area contributed by atoms with Gasteiger partial charge in [-0.05, 0) is 43.3 Å². The molecule has 0 aliphatic carbocycles. The molecule has 0 bridgehead atoms. The lowest BCUT2D eigenvalue weighted by atomic mass is 10.1. The summed E-state index contributed by atoms with van der Waals surface area (Å²) in [4.78, 5) is 22.8. The number of benzene rings is 1. The van der Waals surface area contributed by atoms with Crippen LogP contribution in [0.2, 0.25) is 0 Å². The summed E-state index contributed by atoms with van der Waals surface area (Å²) in [6.07, 6.45) is 1.81. The van der Waals surface area contributed by atoms with Crippen LogP contribution in [0.15, 0.2) is 48.7 Å². The molecule has 2 amide bonds. The number of urea groups is 1.